The van der Waals surface area contributed by atoms with E-state index in [1.165, 1.54) is 55.9 Å². The lowest BCUT2D eigenvalue weighted by Crippen LogP contribution is -2.53. The number of rotatable bonds is 16. The summed E-state index contributed by atoms with van der Waals surface area (Å²) in [6.07, 6.45) is 3.70. The maximum Gasteiger partial charge on any atom is 0.329 e. The topological polar surface area (TPSA) is 186 Å². The Balaban J connectivity index is 3.81. The van der Waals surface area contributed by atoms with Crippen LogP contribution in [0.1, 0.15) is 158 Å². The second-order valence-electron chi connectivity index (χ2n) is 16.2. The van der Waals surface area contributed by atoms with E-state index >= 15 is 0 Å². The lowest BCUT2D eigenvalue weighted by atomic mass is 10.1. The summed E-state index contributed by atoms with van der Waals surface area (Å²) in [7, 11) is 5.51. The summed E-state index contributed by atoms with van der Waals surface area (Å²) < 4.78 is 23.1. The van der Waals surface area contributed by atoms with E-state index in [1.54, 1.807) is 0 Å². The molecule has 60 heavy (non-hydrogen) atoms. The third-order valence-electron chi connectivity index (χ3n) is 11.5. The van der Waals surface area contributed by atoms with E-state index in [0.29, 0.717) is 25.7 Å². The molecule has 0 N–H and O–H groups in total. The third kappa shape index (κ3) is 16.3. The summed E-state index contributed by atoms with van der Waals surface area (Å²) in [5.41, 5.74) is 0. The summed E-state index contributed by atoms with van der Waals surface area (Å²) in [6, 6.07) is -4.84. The van der Waals surface area contributed by atoms with Crippen molar-refractivity contribution in [3.63, 3.8) is 0 Å². The monoisotopic (exact) mass is 853 g/mol. The van der Waals surface area contributed by atoms with Crippen LogP contribution in [0, 0.1) is 0 Å². The highest BCUT2D eigenvalue weighted by molar-refractivity contribution is 5.94. The number of ether oxygens (including phenoxy) is 4. The highest BCUT2D eigenvalue weighted by Crippen LogP contribution is 2.21. The number of carbonyl (C=O) groups is 8. The predicted molar refractivity (Wildman–Crippen MR) is 225 cm³/mol. The molecule has 8 atom stereocenters. The van der Waals surface area contributed by atoms with Crippen LogP contribution in [0.2, 0.25) is 0 Å². The van der Waals surface area contributed by atoms with E-state index in [9.17, 15) is 38.4 Å². The minimum Gasteiger partial charge on any atom is -0.451 e. The van der Waals surface area contributed by atoms with Gasteiger partial charge in [0, 0.05) is 28.2 Å². The zero-order chi connectivity index (χ0) is 45.7. The van der Waals surface area contributed by atoms with Crippen molar-refractivity contribution in [2.45, 2.75) is 207 Å². The Morgan fingerprint density at radius 3 is 0.650 bits per heavy atom. The number of unbranched alkanes of at least 4 members (excludes halogenated alkanes) is 8. The van der Waals surface area contributed by atoms with Crippen LogP contribution in [0.5, 0.6) is 0 Å². The van der Waals surface area contributed by atoms with Crippen LogP contribution in [0.3, 0.4) is 0 Å². The normalized spacial score (nSPS) is 26.7. The molecule has 344 valence electrons. The molecule has 0 aliphatic carbocycles. The number of hydrogen-bond acceptors (Lipinski definition) is 12. The van der Waals surface area contributed by atoms with Gasteiger partial charge in [-0.1, -0.05) is 79.1 Å². The van der Waals surface area contributed by atoms with E-state index in [4.69, 9.17) is 18.9 Å². The fourth-order valence-corrected chi connectivity index (χ4v) is 6.51. The molecule has 1 aliphatic rings. The molecular formula is C44H76N4O12. The zero-order valence-corrected chi connectivity index (χ0v) is 38.6. The summed E-state index contributed by atoms with van der Waals surface area (Å²) in [6.45, 7) is 13.7. The molecule has 16 nitrogen and oxygen atoms in total. The van der Waals surface area contributed by atoms with Crippen molar-refractivity contribution in [2.24, 2.45) is 0 Å². The van der Waals surface area contributed by atoms with E-state index in [2.05, 4.69) is 0 Å². The van der Waals surface area contributed by atoms with Crippen LogP contribution in [0.4, 0.5) is 0 Å². The summed E-state index contributed by atoms with van der Waals surface area (Å²) in [4.78, 5) is 115. The molecule has 4 amide bonds. The van der Waals surface area contributed by atoms with Gasteiger partial charge >= 0.3 is 23.9 Å². The van der Waals surface area contributed by atoms with Gasteiger partial charge in [0.15, 0.2) is 24.4 Å². The Kier molecular flexibility index (Phi) is 24.7. The number of likely N-dealkylation sites (N-methyl/N-ethyl adjacent to an activating group) is 4. The second kappa shape index (κ2) is 27.6. The maximum atomic E-state index is 14.0. The van der Waals surface area contributed by atoms with Crippen molar-refractivity contribution in [1.29, 1.82) is 0 Å². The molecule has 1 rings (SSSR count). The molecule has 1 fully saturated rings. The van der Waals surface area contributed by atoms with Gasteiger partial charge in [0.25, 0.3) is 23.6 Å². The van der Waals surface area contributed by atoms with Gasteiger partial charge in [-0.05, 0) is 79.1 Å². The van der Waals surface area contributed by atoms with Crippen LogP contribution in [-0.4, -0.2) is 144 Å². The standard InChI is InChI=1S/C44H76N4O12/c1-13-17-21-25-33-37(49)45(9)30(6)42(54)58-35(27-23-19-15-3)39(51)47(11)32(8)44(56)60-36(28-24-20-16-4)40(52)48(12)31(7)43(55)59-34(26-22-18-14-2)38(50)46(10)29(5)41(53)57-33/h29-36H,13-28H2,1-12H3/t29-,30?,31?,32-,33+,34+,35+,36+/m1/s1. The van der Waals surface area contributed by atoms with Gasteiger partial charge in [0.1, 0.15) is 24.2 Å². The molecule has 1 heterocycles. The first-order valence-corrected chi connectivity index (χ1v) is 22.2. The Bertz CT molecular complexity index is 1220. The average molecular weight is 853 g/mol. The largest absolute Gasteiger partial charge is 0.451 e. The minimum atomic E-state index is -1.31. The number of cyclic esters (lactones) is 4. The lowest BCUT2D eigenvalue weighted by Gasteiger charge is -2.33. The van der Waals surface area contributed by atoms with E-state index < -0.39 is 96.1 Å². The van der Waals surface area contributed by atoms with Gasteiger partial charge in [-0.2, -0.15) is 0 Å². The van der Waals surface area contributed by atoms with Gasteiger partial charge in [-0.25, -0.2) is 19.2 Å². The Hall–Kier alpha value is -4.24. The van der Waals surface area contributed by atoms with Gasteiger partial charge < -0.3 is 38.5 Å². The van der Waals surface area contributed by atoms with Gasteiger partial charge in [0.05, 0.1) is 0 Å². The minimum absolute atomic E-state index is 0.145. The summed E-state index contributed by atoms with van der Waals surface area (Å²) >= 11 is 0. The van der Waals surface area contributed by atoms with Crippen molar-refractivity contribution in [2.75, 3.05) is 28.2 Å². The molecule has 0 saturated carbocycles. The summed E-state index contributed by atoms with van der Waals surface area (Å²) in [5.74, 6) is -6.19. The van der Waals surface area contributed by atoms with Gasteiger partial charge in [-0.15, -0.1) is 0 Å². The van der Waals surface area contributed by atoms with Crippen LogP contribution in [0.15, 0.2) is 0 Å². The quantitative estimate of drug-likeness (QED) is 0.110. The number of carbonyl (C=O) groups excluding carboxylic acids is 8. The molecule has 1 saturated heterocycles. The Labute approximate surface area is 358 Å². The van der Waals surface area contributed by atoms with Crippen molar-refractivity contribution in [1.82, 2.24) is 19.6 Å². The highest BCUT2D eigenvalue weighted by Gasteiger charge is 2.40. The van der Waals surface area contributed by atoms with E-state index in [0.717, 1.165) is 71.0 Å². The first kappa shape index (κ1) is 53.8. The van der Waals surface area contributed by atoms with Crippen molar-refractivity contribution in [3.05, 3.63) is 0 Å². The van der Waals surface area contributed by atoms with Crippen LogP contribution in [0.25, 0.3) is 0 Å². The zero-order valence-electron chi connectivity index (χ0n) is 38.6. The first-order valence-electron chi connectivity index (χ1n) is 22.2. The second-order valence-corrected chi connectivity index (χ2v) is 16.2. The summed E-state index contributed by atoms with van der Waals surface area (Å²) in [5, 5.41) is 0. The third-order valence-corrected chi connectivity index (χ3v) is 11.5. The SMILES string of the molecule is CCCCC[C@@H]1OC(=O)[C@@H](C)N(C)C(=O)[C@H](CCCCC)OC(=O)C(C)N(C)C(=O)[C@H](CCCCC)OC(=O)[C@@H](C)N(C)C(=O)[C@H](CCCCC)OC(=O)C(C)N(C)C1=O. The fourth-order valence-electron chi connectivity index (χ4n) is 6.51. The molecular weight excluding hydrogens is 776 g/mol. The van der Waals surface area contributed by atoms with Crippen LogP contribution >= 0.6 is 0 Å². The van der Waals surface area contributed by atoms with E-state index in [-0.39, 0.29) is 25.7 Å². The lowest BCUT2D eigenvalue weighted by molar-refractivity contribution is -0.176. The molecule has 0 aromatic carbocycles. The molecule has 0 aromatic heterocycles. The molecule has 16 heteroatoms. The Morgan fingerprint density at radius 1 is 0.333 bits per heavy atom. The van der Waals surface area contributed by atoms with Crippen molar-refractivity contribution >= 4 is 47.5 Å². The van der Waals surface area contributed by atoms with E-state index in [1.807, 2.05) is 27.7 Å². The Morgan fingerprint density at radius 2 is 0.500 bits per heavy atom. The predicted octanol–water partition coefficient (Wildman–Crippen LogP) is 5.36. The first-order chi connectivity index (χ1) is 28.3. The number of esters is 4. The highest BCUT2D eigenvalue weighted by atomic mass is 16.6. The molecule has 0 spiro atoms. The fraction of sp³-hybridized carbons (Fsp3) is 0.818. The number of hydrogen-bond donors (Lipinski definition) is 0. The molecule has 0 bridgehead atoms. The number of amides is 4. The smallest absolute Gasteiger partial charge is 0.329 e. The van der Waals surface area contributed by atoms with Crippen molar-refractivity contribution < 1.29 is 57.3 Å². The molecule has 2 unspecified atom stereocenters. The molecule has 0 aromatic rings. The molecule has 0 radical (unpaired) electrons. The van der Waals surface area contributed by atoms with Gasteiger partial charge in [0.2, 0.25) is 0 Å². The van der Waals surface area contributed by atoms with Crippen LogP contribution < -0.4 is 0 Å². The van der Waals surface area contributed by atoms with Crippen LogP contribution in [-0.2, 0) is 57.3 Å². The van der Waals surface area contributed by atoms with Gasteiger partial charge in [-0.3, -0.25) is 19.2 Å². The average Bonchev–Trinajstić information content (AvgIpc) is 3.23. The molecule has 1 aliphatic heterocycles. The maximum absolute atomic E-state index is 14.0. The number of nitrogens with zero attached hydrogens (tertiary/aromatic N) is 4. The van der Waals surface area contributed by atoms with Crippen molar-refractivity contribution in [3.8, 4) is 0 Å².